The van der Waals surface area contributed by atoms with Crippen LogP contribution in [0.4, 0.5) is 26.7 Å². The van der Waals surface area contributed by atoms with Crippen molar-refractivity contribution in [2.75, 3.05) is 0 Å². The maximum atomic E-state index is 13.0. The van der Waals surface area contributed by atoms with E-state index in [9.17, 15) is 31.5 Å². The molecule has 0 fully saturated rings. The van der Waals surface area contributed by atoms with Crippen LogP contribution < -0.4 is 16.2 Å². The predicted octanol–water partition coefficient (Wildman–Crippen LogP) is 3.13. The van der Waals surface area contributed by atoms with Crippen molar-refractivity contribution in [3.63, 3.8) is 0 Å². The molecule has 0 radical (unpaired) electrons. The number of alkyl halides is 3. The fourth-order valence-corrected chi connectivity index (χ4v) is 1.97. The van der Waals surface area contributed by atoms with Gasteiger partial charge in [-0.15, -0.1) is 0 Å². The van der Waals surface area contributed by atoms with Gasteiger partial charge in [-0.05, 0) is 42.0 Å². The lowest BCUT2D eigenvalue weighted by Gasteiger charge is -2.14. The fraction of sp³-hybridized carbons (Fsp3) is 0.125. The van der Waals surface area contributed by atoms with E-state index in [1.807, 2.05) is 10.9 Å². The zero-order valence-corrected chi connectivity index (χ0v) is 13.0. The normalized spacial score (nSPS) is 11.0. The molecule has 0 unspecified atom stereocenters. The molecule has 2 aromatic rings. The van der Waals surface area contributed by atoms with Crippen molar-refractivity contribution in [1.29, 1.82) is 0 Å². The second-order valence-corrected chi connectivity index (χ2v) is 5.07. The topological polar surface area (TPSA) is 70.2 Å². The summed E-state index contributed by atoms with van der Waals surface area (Å²) < 4.78 is 64.3. The molecule has 0 heterocycles. The van der Waals surface area contributed by atoms with Crippen LogP contribution in [0.3, 0.4) is 0 Å². The second-order valence-electron chi connectivity index (χ2n) is 5.07. The van der Waals surface area contributed by atoms with E-state index < -0.39 is 41.9 Å². The molecule has 0 atom stereocenters. The largest absolute Gasteiger partial charge is 0.416 e. The molecule has 2 rings (SSSR count). The third-order valence-corrected chi connectivity index (χ3v) is 3.21. The van der Waals surface area contributed by atoms with Crippen molar-refractivity contribution in [3.05, 3.63) is 70.8 Å². The molecular formula is C16H12F5N3O2. The van der Waals surface area contributed by atoms with Gasteiger partial charge in [-0.1, -0.05) is 6.07 Å². The van der Waals surface area contributed by atoms with E-state index in [-0.39, 0.29) is 11.1 Å². The number of hydrogen-bond donors (Lipinski definition) is 3. The van der Waals surface area contributed by atoms with E-state index >= 15 is 0 Å². The highest BCUT2D eigenvalue weighted by molar-refractivity contribution is 5.95. The molecule has 0 aliphatic carbocycles. The third kappa shape index (κ3) is 5.16. The van der Waals surface area contributed by atoms with Crippen LogP contribution in [0.25, 0.3) is 0 Å². The number of carbonyl (C=O) groups is 2. The number of nitrogens with one attached hydrogen (secondary N) is 3. The van der Waals surface area contributed by atoms with E-state index in [1.54, 1.807) is 0 Å². The van der Waals surface area contributed by atoms with Crippen molar-refractivity contribution in [1.82, 2.24) is 16.2 Å². The number of hydrogen-bond acceptors (Lipinski definition) is 2. The van der Waals surface area contributed by atoms with Crippen LogP contribution in [0.15, 0.2) is 42.5 Å². The Bertz CT molecular complexity index is 807. The SMILES string of the molecule is O=C(NCc1ccc(F)cc1C(F)(F)F)NNC(=O)c1ccc(F)cc1. The zero-order valence-electron chi connectivity index (χ0n) is 13.0. The second kappa shape index (κ2) is 7.81. The summed E-state index contributed by atoms with van der Waals surface area (Å²) in [6.07, 6.45) is -4.79. The lowest BCUT2D eigenvalue weighted by atomic mass is 10.1. The average molecular weight is 373 g/mol. The minimum Gasteiger partial charge on any atom is -0.333 e. The lowest BCUT2D eigenvalue weighted by Crippen LogP contribution is -2.46. The first-order valence-corrected chi connectivity index (χ1v) is 7.12. The Labute approximate surface area is 144 Å². The van der Waals surface area contributed by atoms with Crippen molar-refractivity contribution in [2.45, 2.75) is 12.7 Å². The fourth-order valence-electron chi connectivity index (χ4n) is 1.97. The van der Waals surface area contributed by atoms with Crippen molar-refractivity contribution >= 4 is 11.9 Å². The standard InChI is InChI=1S/C16H12F5N3O2/c17-11-4-1-9(2-5-11)14(25)23-24-15(26)22-8-10-3-6-12(18)7-13(10)16(19,20)21/h1-7H,8H2,(H,23,25)(H2,22,24,26). The summed E-state index contributed by atoms with van der Waals surface area (Å²) in [7, 11) is 0. The summed E-state index contributed by atoms with van der Waals surface area (Å²) in [6.45, 7) is -0.548. The number of carbonyl (C=O) groups excluding carboxylic acids is 2. The Morgan fingerprint density at radius 1 is 0.885 bits per heavy atom. The van der Waals surface area contributed by atoms with Gasteiger partial charge in [-0.3, -0.25) is 10.2 Å². The molecule has 5 nitrogen and oxygen atoms in total. The molecule has 3 N–H and O–H groups in total. The number of urea groups is 1. The van der Waals surface area contributed by atoms with Crippen LogP contribution in [-0.2, 0) is 12.7 Å². The van der Waals surface area contributed by atoms with Crippen molar-refractivity contribution in [3.8, 4) is 0 Å². The third-order valence-electron chi connectivity index (χ3n) is 3.21. The molecule has 10 heteroatoms. The smallest absolute Gasteiger partial charge is 0.333 e. The highest BCUT2D eigenvalue weighted by atomic mass is 19.4. The van der Waals surface area contributed by atoms with E-state index in [0.717, 1.165) is 24.3 Å². The Kier molecular flexibility index (Phi) is 5.75. The summed E-state index contributed by atoms with van der Waals surface area (Å²) in [5.74, 6) is -2.36. The molecule has 3 amide bonds. The van der Waals surface area contributed by atoms with Crippen LogP contribution in [0.1, 0.15) is 21.5 Å². The predicted molar refractivity (Wildman–Crippen MR) is 80.6 cm³/mol. The minimum atomic E-state index is -4.79. The van der Waals surface area contributed by atoms with Crippen LogP contribution in [0.2, 0.25) is 0 Å². The van der Waals surface area contributed by atoms with Gasteiger partial charge in [-0.2, -0.15) is 13.2 Å². The molecule has 26 heavy (non-hydrogen) atoms. The van der Waals surface area contributed by atoms with Gasteiger partial charge in [0, 0.05) is 12.1 Å². The van der Waals surface area contributed by atoms with Crippen LogP contribution >= 0.6 is 0 Å². The quantitative estimate of drug-likeness (QED) is 0.572. The molecule has 138 valence electrons. The monoisotopic (exact) mass is 373 g/mol. The highest BCUT2D eigenvalue weighted by Gasteiger charge is 2.33. The average Bonchev–Trinajstić information content (AvgIpc) is 2.58. The summed E-state index contributed by atoms with van der Waals surface area (Å²) in [5.41, 5.74) is 2.44. The highest BCUT2D eigenvalue weighted by Crippen LogP contribution is 2.32. The first-order valence-electron chi connectivity index (χ1n) is 7.12. The van der Waals surface area contributed by atoms with Gasteiger partial charge in [0.15, 0.2) is 0 Å². The molecule has 0 aromatic heterocycles. The molecule has 0 saturated carbocycles. The summed E-state index contributed by atoms with van der Waals surface area (Å²) in [4.78, 5) is 23.3. The molecule has 0 aliphatic heterocycles. The van der Waals surface area contributed by atoms with Gasteiger partial charge in [0.2, 0.25) is 0 Å². The van der Waals surface area contributed by atoms with Crippen molar-refractivity contribution in [2.24, 2.45) is 0 Å². The minimum absolute atomic E-state index is 0.0598. The molecule has 2 aromatic carbocycles. The summed E-state index contributed by atoms with van der Waals surface area (Å²) in [5, 5.41) is 2.10. The first-order chi connectivity index (χ1) is 12.2. The first kappa shape index (κ1) is 19.2. The summed E-state index contributed by atoms with van der Waals surface area (Å²) >= 11 is 0. The molecule has 0 bridgehead atoms. The van der Waals surface area contributed by atoms with Crippen molar-refractivity contribution < 1.29 is 31.5 Å². The molecule has 0 spiro atoms. The lowest BCUT2D eigenvalue weighted by molar-refractivity contribution is -0.138. The molecule has 0 aliphatic rings. The number of halogens is 5. The Balaban J connectivity index is 1.91. The number of benzene rings is 2. The van der Waals surface area contributed by atoms with Crippen LogP contribution in [0.5, 0.6) is 0 Å². The zero-order chi connectivity index (χ0) is 19.3. The maximum Gasteiger partial charge on any atom is 0.416 e. The Morgan fingerprint density at radius 2 is 1.50 bits per heavy atom. The molecule has 0 saturated heterocycles. The van der Waals surface area contributed by atoms with E-state index in [0.29, 0.717) is 6.07 Å². The number of amides is 3. The van der Waals surface area contributed by atoms with Gasteiger partial charge in [-0.25, -0.2) is 19.0 Å². The van der Waals surface area contributed by atoms with Crippen LogP contribution in [0, 0.1) is 11.6 Å². The van der Waals surface area contributed by atoms with Gasteiger partial charge < -0.3 is 5.32 Å². The Morgan fingerprint density at radius 3 is 2.12 bits per heavy atom. The summed E-state index contributed by atoms with van der Waals surface area (Å²) in [6, 6.07) is 5.51. The molecular weight excluding hydrogens is 361 g/mol. The maximum absolute atomic E-state index is 13.0. The van der Waals surface area contributed by atoms with Gasteiger partial charge in [0.1, 0.15) is 11.6 Å². The van der Waals surface area contributed by atoms with Crippen LogP contribution in [-0.4, -0.2) is 11.9 Å². The van der Waals surface area contributed by atoms with E-state index in [1.165, 1.54) is 12.1 Å². The number of rotatable bonds is 3. The van der Waals surface area contributed by atoms with Gasteiger partial charge in [0.25, 0.3) is 5.91 Å². The van der Waals surface area contributed by atoms with Gasteiger partial charge in [0.05, 0.1) is 5.56 Å². The van der Waals surface area contributed by atoms with E-state index in [2.05, 4.69) is 5.32 Å². The Hall–Kier alpha value is -3.17. The van der Waals surface area contributed by atoms with Gasteiger partial charge >= 0.3 is 12.2 Å². The van der Waals surface area contributed by atoms with E-state index in [4.69, 9.17) is 0 Å². The number of hydrazine groups is 1.